The molecule has 1 amide bonds. The lowest BCUT2D eigenvalue weighted by Crippen LogP contribution is -2.27. The van der Waals surface area contributed by atoms with Gasteiger partial charge in [0.15, 0.2) is 5.65 Å². The van der Waals surface area contributed by atoms with E-state index in [-0.39, 0.29) is 6.54 Å². The number of nitrogens with zero attached hydrogens (tertiary/aromatic N) is 2. The van der Waals surface area contributed by atoms with Gasteiger partial charge in [0.05, 0.1) is 16.7 Å². The number of nitrogens with one attached hydrogen (secondary N) is 2. The molecule has 0 aliphatic carbocycles. The van der Waals surface area contributed by atoms with Crippen molar-refractivity contribution in [1.82, 2.24) is 14.9 Å². The Hall–Kier alpha value is -1.12. The zero-order valence-corrected chi connectivity index (χ0v) is 14.9. The van der Waals surface area contributed by atoms with Crippen LogP contribution in [0.15, 0.2) is 15.0 Å². The fourth-order valence-electron chi connectivity index (χ4n) is 2.14. The van der Waals surface area contributed by atoms with Gasteiger partial charge in [0.1, 0.15) is 5.82 Å². The molecule has 2 heterocycles. The first-order chi connectivity index (χ1) is 9.99. The van der Waals surface area contributed by atoms with Crippen molar-refractivity contribution < 1.29 is 10.0 Å². The third-order valence-corrected chi connectivity index (χ3v) is 4.51. The number of carbonyl (C=O) groups excluding carboxylic acids is 1. The predicted molar refractivity (Wildman–Crippen MR) is 87.7 cm³/mol. The normalized spacial score (nSPS) is 10.9. The minimum absolute atomic E-state index is 0.0232. The van der Waals surface area contributed by atoms with Gasteiger partial charge in [-0.15, -0.1) is 0 Å². The molecule has 0 fully saturated rings. The summed E-state index contributed by atoms with van der Waals surface area (Å²) >= 11 is 7.03. The van der Waals surface area contributed by atoms with Gasteiger partial charge >= 0.3 is 0 Å². The second-order valence-corrected chi connectivity index (χ2v) is 6.34. The Balaban J connectivity index is 2.57. The van der Waals surface area contributed by atoms with Gasteiger partial charge in [-0.1, -0.05) is 13.3 Å². The van der Waals surface area contributed by atoms with Crippen LogP contribution in [0.4, 0.5) is 5.82 Å². The summed E-state index contributed by atoms with van der Waals surface area (Å²) in [6.45, 7) is 4.02. The second kappa shape index (κ2) is 6.76. The highest BCUT2D eigenvalue weighted by molar-refractivity contribution is 9.11. The first kappa shape index (κ1) is 16.3. The van der Waals surface area contributed by atoms with E-state index >= 15 is 0 Å². The number of imidazole rings is 1. The monoisotopic (exact) mass is 418 g/mol. The molecule has 0 atom stereocenters. The van der Waals surface area contributed by atoms with Crippen LogP contribution in [0.1, 0.15) is 24.7 Å². The molecule has 2 rings (SSSR count). The zero-order chi connectivity index (χ0) is 15.6. The second-order valence-electron chi connectivity index (χ2n) is 4.63. The molecule has 8 heteroatoms. The average molecular weight is 420 g/mol. The molecule has 0 aliphatic rings. The third-order valence-electron chi connectivity index (χ3n) is 3.13. The number of pyridine rings is 1. The Labute approximate surface area is 139 Å². The van der Waals surface area contributed by atoms with Crippen LogP contribution in [0.3, 0.4) is 0 Å². The Morgan fingerprint density at radius 3 is 2.76 bits per heavy atom. The number of aryl methyl sites for hydroxylation is 2. The lowest BCUT2D eigenvalue weighted by atomic mass is 10.2. The van der Waals surface area contributed by atoms with E-state index in [9.17, 15) is 4.79 Å². The Morgan fingerprint density at radius 1 is 1.43 bits per heavy atom. The molecule has 114 valence electrons. The largest absolute Gasteiger partial charge is 0.360 e. The van der Waals surface area contributed by atoms with E-state index < -0.39 is 5.91 Å². The maximum absolute atomic E-state index is 11.3. The summed E-state index contributed by atoms with van der Waals surface area (Å²) in [6.07, 6.45) is 1.75. The standard InChI is InChI=1S/C13H16Br2N4O2/c1-3-4-10-13(16-6-11(20)18-21)19-7(2)8(14)5-9(15)12(19)17-10/h5,16,21H,3-4,6H2,1-2H3,(H,18,20). The molecule has 2 aromatic heterocycles. The van der Waals surface area contributed by atoms with Crippen LogP contribution in [0.5, 0.6) is 0 Å². The van der Waals surface area contributed by atoms with Gasteiger partial charge in [-0.3, -0.25) is 14.4 Å². The van der Waals surface area contributed by atoms with Gasteiger partial charge in [0, 0.05) is 10.2 Å². The van der Waals surface area contributed by atoms with Crippen LogP contribution in [0.25, 0.3) is 5.65 Å². The highest BCUT2D eigenvalue weighted by Crippen LogP contribution is 2.31. The number of hydrogen-bond acceptors (Lipinski definition) is 4. The number of hydroxylamine groups is 1. The Kier molecular flexibility index (Phi) is 5.23. The van der Waals surface area contributed by atoms with Crippen LogP contribution < -0.4 is 10.8 Å². The highest BCUT2D eigenvalue weighted by atomic mass is 79.9. The number of hydrogen-bond donors (Lipinski definition) is 3. The summed E-state index contributed by atoms with van der Waals surface area (Å²) in [6, 6.07) is 1.96. The van der Waals surface area contributed by atoms with Gasteiger partial charge in [-0.05, 0) is 51.3 Å². The SMILES string of the molecule is CCCc1nc2c(Br)cc(Br)c(C)n2c1NCC(=O)NO. The summed E-state index contributed by atoms with van der Waals surface area (Å²) in [5.74, 6) is 0.272. The predicted octanol–water partition coefficient (Wildman–Crippen LogP) is 3.04. The highest BCUT2D eigenvalue weighted by Gasteiger charge is 2.17. The number of aromatic nitrogens is 2. The fraction of sp³-hybridized carbons (Fsp3) is 0.385. The van der Waals surface area contributed by atoms with E-state index in [0.717, 1.165) is 44.6 Å². The fourth-order valence-corrected chi connectivity index (χ4v) is 3.34. The maximum atomic E-state index is 11.3. The van der Waals surface area contributed by atoms with E-state index in [1.807, 2.05) is 17.4 Å². The molecule has 0 aliphatic heterocycles. The Bertz CT molecular complexity index is 685. The smallest absolute Gasteiger partial charge is 0.262 e. The average Bonchev–Trinajstić information content (AvgIpc) is 2.82. The van der Waals surface area contributed by atoms with Crippen molar-refractivity contribution in [3.8, 4) is 0 Å². The van der Waals surface area contributed by atoms with Crippen molar-refractivity contribution in [2.24, 2.45) is 0 Å². The quantitative estimate of drug-likeness (QED) is 0.514. The summed E-state index contributed by atoms with van der Waals surface area (Å²) in [4.78, 5) is 15.9. The third kappa shape index (κ3) is 3.22. The van der Waals surface area contributed by atoms with E-state index in [4.69, 9.17) is 5.21 Å². The van der Waals surface area contributed by atoms with Gasteiger partial charge in [0.25, 0.3) is 5.91 Å². The summed E-state index contributed by atoms with van der Waals surface area (Å²) in [5.41, 5.74) is 4.29. The van der Waals surface area contributed by atoms with Crippen LogP contribution in [-0.4, -0.2) is 27.0 Å². The van der Waals surface area contributed by atoms with E-state index in [2.05, 4.69) is 49.1 Å². The number of anilines is 1. The number of halogens is 2. The molecular weight excluding hydrogens is 404 g/mol. The molecule has 2 aromatic rings. The molecule has 0 radical (unpaired) electrons. The lowest BCUT2D eigenvalue weighted by Gasteiger charge is -2.11. The van der Waals surface area contributed by atoms with Crippen molar-refractivity contribution in [2.45, 2.75) is 26.7 Å². The molecular formula is C13H16Br2N4O2. The van der Waals surface area contributed by atoms with Crippen molar-refractivity contribution >= 4 is 49.2 Å². The maximum Gasteiger partial charge on any atom is 0.262 e. The number of amides is 1. The van der Waals surface area contributed by atoms with E-state index in [1.54, 1.807) is 5.48 Å². The van der Waals surface area contributed by atoms with Crippen molar-refractivity contribution in [2.75, 3.05) is 11.9 Å². The molecule has 6 nitrogen and oxygen atoms in total. The first-order valence-corrected chi connectivity index (χ1v) is 8.10. The molecule has 0 bridgehead atoms. The Morgan fingerprint density at radius 2 is 2.14 bits per heavy atom. The van der Waals surface area contributed by atoms with Crippen molar-refractivity contribution in [3.63, 3.8) is 0 Å². The van der Waals surface area contributed by atoms with Gasteiger partial charge in [-0.25, -0.2) is 10.5 Å². The van der Waals surface area contributed by atoms with Crippen LogP contribution in [0, 0.1) is 6.92 Å². The van der Waals surface area contributed by atoms with E-state index in [0.29, 0.717) is 0 Å². The number of fused-ring (bicyclic) bond motifs is 1. The topological polar surface area (TPSA) is 78.7 Å². The molecule has 0 spiro atoms. The molecule has 0 saturated heterocycles. The van der Waals surface area contributed by atoms with Crippen molar-refractivity contribution in [3.05, 3.63) is 26.4 Å². The van der Waals surface area contributed by atoms with E-state index in [1.165, 1.54) is 0 Å². The van der Waals surface area contributed by atoms with Crippen molar-refractivity contribution in [1.29, 1.82) is 0 Å². The molecule has 21 heavy (non-hydrogen) atoms. The van der Waals surface area contributed by atoms with Gasteiger partial charge in [0.2, 0.25) is 0 Å². The van der Waals surface area contributed by atoms with Crippen LogP contribution >= 0.6 is 31.9 Å². The summed E-state index contributed by atoms with van der Waals surface area (Å²) in [5, 5.41) is 11.7. The molecule has 0 unspecified atom stereocenters. The lowest BCUT2D eigenvalue weighted by molar-refractivity contribution is -0.127. The molecule has 3 N–H and O–H groups in total. The zero-order valence-electron chi connectivity index (χ0n) is 11.7. The number of carbonyl (C=O) groups is 1. The first-order valence-electron chi connectivity index (χ1n) is 6.52. The van der Waals surface area contributed by atoms with Crippen LogP contribution in [-0.2, 0) is 11.2 Å². The molecule has 0 saturated carbocycles. The molecule has 0 aromatic carbocycles. The minimum atomic E-state index is -0.501. The minimum Gasteiger partial charge on any atom is -0.360 e. The van der Waals surface area contributed by atoms with Gasteiger partial charge < -0.3 is 5.32 Å². The van der Waals surface area contributed by atoms with Gasteiger partial charge in [-0.2, -0.15) is 0 Å². The van der Waals surface area contributed by atoms with Crippen LogP contribution in [0.2, 0.25) is 0 Å². The summed E-state index contributed by atoms with van der Waals surface area (Å²) in [7, 11) is 0. The number of rotatable bonds is 5. The summed E-state index contributed by atoms with van der Waals surface area (Å²) < 4.78 is 3.78.